The predicted molar refractivity (Wildman–Crippen MR) is 108 cm³/mol. The van der Waals surface area contributed by atoms with Crippen LogP contribution in [0.3, 0.4) is 0 Å². The number of nitrogens with zero attached hydrogens (tertiary/aromatic N) is 1. The molecule has 1 saturated heterocycles. The van der Waals surface area contributed by atoms with Gasteiger partial charge in [0.1, 0.15) is 6.61 Å². The molecule has 27 heavy (non-hydrogen) atoms. The lowest BCUT2D eigenvalue weighted by molar-refractivity contribution is -0.142. The smallest absolute Gasteiger partial charge is 0.329 e. The lowest BCUT2D eigenvalue weighted by Crippen LogP contribution is -2.28. The van der Waals surface area contributed by atoms with Gasteiger partial charge in [0.05, 0.1) is 6.61 Å². The Labute approximate surface area is 161 Å². The van der Waals surface area contributed by atoms with Crippen LogP contribution in [0.2, 0.25) is 0 Å². The Hall–Kier alpha value is -2.17. The molecule has 0 spiro atoms. The molecular formula is C23H29NO3. The van der Waals surface area contributed by atoms with Crippen LogP contribution in [0.5, 0.6) is 0 Å². The SMILES string of the molecule is CC1CCCN1CCc1ccc(-c2ccc(CCOCC(=O)O)cc2)cc1. The fourth-order valence-electron chi connectivity index (χ4n) is 3.67. The molecule has 4 heteroatoms. The summed E-state index contributed by atoms with van der Waals surface area (Å²) in [6.07, 6.45) is 4.50. The molecular weight excluding hydrogens is 338 g/mol. The normalized spacial score (nSPS) is 17.3. The van der Waals surface area contributed by atoms with Crippen molar-refractivity contribution in [2.45, 2.75) is 38.6 Å². The fraction of sp³-hybridized carbons (Fsp3) is 0.435. The molecule has 1 N–H and O–H groups in total. The number of ether oxygens (including phenoxy) is 1. The summed E-state index contributed by atoms with van der Waals surface area (Å²) >= 11 is 0. The summed E-state index contributed by atoms with van der Waals surface area (Å²) < 4.78 is 5.09. The third kappa shape index (κ3) is 5.91. The number of carboxylic acids is 1. The van der Waals surface area contributed by atoms with Gasteiger partial charge < -0.3 is 14.7 Å². The molecule has 1 atom stereocenters. The van der Waals surface area contributed by atoms with E-state index in [1.165, 1.54) is 36.1 Å². The second-order valence-corrected chi connectivity index (χ2v) is 7.37. The van der Waals surface area contributed by atoms with Gasteiger partial charge >= 0.3 is 5.97 Å². The number of carboxylic acid groups (broad SMARTS) is 1. The Morgan fingerprint density at radius 2 is 1.63 bits per heavy atom. The molecule has 0 amide bonds. The Morgan fingerprint density at radius 3 is 2.15 bits per heavy atom. The molecule has 0 aliphatic carbocycles. The highest BCUT2D eigenvalue weighted by Crippen LogP contribution is 2.22. The first-order valence-corrected chi connectivity index (χ1v) is 9.83. The van der Waals surface area contributed by atoms with E-state index < -0.39 is 5.97 Å². The van der Waals surface area contributed by atoms with Crippen LogP contribution in [-0.2, 0) is 22.4 Å². The molecule has 144 valence electrons. The average molecular weight is 367 g/mol. The molecule has 1 unspecified atom stereocenters. The maximum absolute atomic E-state index is 10.4. The van der Waals surface area contributed by atoms with Crippen molar-refractivity contribution >= 4 is 5.97 Å². The highest BCUT2D eigenvalue weighted by atomic mass is 16.5. The lowest BCUT2D eigenvalue weighted by Gasteiger charge is -2.20. The zero-order valence-electron chi connectivity index (χ0n) is 16.1. The molecule has 1 aliphatic heterocycles. The van der Waals surface area contributed by atoms with Crippen molar-refractivity contribution in [1.29, 1.82) is 0 Å². The minimum atomic E-state index is -0.927. The molecule has 2 aromatic carbocycles. The minimum absolute atomic E-state index is 0.235. The number of hydrogen-bond donors (Lipinski definition) is 1. The first kappa shape index (κ1) is 19.6. The van der Waals surface area contributed by atoms with Crippen LogP contribution in [0.1, 0.15) is 30.9 Å². The van der Waals surface area contributed by atoms with E-state index in [9.17, 15) is 4.79 Å². The summed E-state index contributed by atoms with van der Waals surface area (Å²) in [5.41, 5.74) is 4.97. The molecule has 1 heterocycles. The summed E-state index contributed by atoms with van der Waals surface area (Å²) in [6.45, 7) is 4.92. The van der Waals surface area contributed by atoms with Gasteiger partial charge in [-0.2, -0.15) is 0 Å². The van der Waals surface area contributed by atoms with Crippen LogP contribution >= 0.6 is 0 Å². The first-order chi connectivity index (χ1) is 13.1. The van der Waals surface area contributed by atoms with Gasteiger partial charge in [0, 0.05) is 12.6 Å². The maximum atomic E-state index is 10.4. The molecule has 1 aliphatic rings. The van der Waals surface area contributed by atoms with Crippen LogP contribution in [0.15, 0.2) is 48.5 Å². The van der Waals surface area contributed by atoms with Gasteiger partial charge in [-0.25, -0.2) is 4.79 Å². The molecule has 0 aromatic heterocycles. The van der Waals surface area contributed by atoms with E-state index in [2.05, 4.69) is 60.4 Å². The number of aliphatic carboxylic acids is 1. The van der Waals surface area contributed by atoms with Gasteiger partial charge in [-0.3, -0.25) is 0 Å². The quantitative estimate of drug-likeness (QED) is 0.680. The largest absolute Gasteiger partial charge is 0.480 e. The van der Waals surface area contributed by atoms with Crippen LogP contribution in [0.4, 0.5) is 0 Å². The molecule has 0 radical (unpaired) electrons. The van der Waals surface area contributed by atoms with E-state index >= 15 is 0 Å². The Kier molecular flexibility index (Phi) is 7.02. The van der Waals surface area contributed by atoms with Crippen LogP contribution in [-0.4, -0.2) is 48.3 Å². The molecule has 4 nitrogen and oxygen atoms in total. The topological polar surface area (TPSA) is 49.8 Å². The number of carbonyl (C=O) groups is 1. The molecule has 0 saturated carbocycles. The van der Waals surface area contributed by atoms with Gasteiger partial charge in [-0.15, -0.1) is 0 Å². The third-order valence-corrected chi connectivity index (χ3v) is 5.38. The highest BCUT2D eigenvalue weighted by molar-refractivity contribution is 5.68. The first-order valence-electron chi connectivity index (χ1n) is 9.83. The fourth-order valence-corrected chi connectivity index (χ4v) is 3.67. The van der Waals surface area contributed by atoms with Gasteiger partial charge in [-0.05, 0) is 61.4 Å². The predicted octanol–water partition coefficient (Wildman–Crippen LogP) is 4.02. The van der Waals surface area contributed by atoms with Crippen molar-refractivity contribution in [3.8, 4) is 11.1 Å². The monoisotopic (exact) mass is 367 g/mol. The van der Waals surface area contributed by atoms with Crippen LogP contribution in [0, 0.1) is 0 Å². The van der Waals surface area contributed by atoms with Crippen molar-refractivity contribution in [1.82, 2.24) is 4.90 Å². The molecule has 2 aromatic rings. The van der Waals surface area contributed by atoms with Gasteiger partial charge in [0.25, 0.3) is 0 Å². The van der Waals surface area contributed by atoms with E-state index in [-0.39, 0.29) is 6.61 Å². The van der Waals surface area contributed by atoms with Crippen molar-refractivity contribution in [3.05, 3.63) is 59.7 Å². The second-order valence-electron chi connectivity index (χ2n) is 7.37. The summed E-state index contributed by atoms with van der Waals surface area (Å²) in [5, 5.41) is 8.57. The third-order valence-electron chi connectivity index (χ3n) is 5.38. The standard InChI is InChI=1S/C23H29NO3/c1-18-3-2-14-24(18)15-12-19-4-8-21(9-5-19)22-10-6-20(7-11-22)13-16-27-17-23(25)26/h4-11,18H,2-3,12-17H2,1H3,(H,25,26). The number of benzene rings is 2. The Bertz CT molecular complexity index is 724. The molecule has 1 fully saturated rings. The van der Waals surface area contributed by atoms with E-state index in [0.29, 0.717) is 6.61 Å². The Balaban J connectivity index is 1.49. The lowest BCUT2D eigenvalue weighted by atomic mass is 10.0. The summed E-state index contributed by atoms with van der Waals surface area (Å²) in [6, 6.07) is 18.0. The summed E-state index contributed by atoms with van der Waals surface area (Å²) in [4.78, 5) is 13.0. The zero-order valence-corrected chi connectivity index (χ0v) is 16.1. The van der Waals surface area contributed by atoms with Crippen molar-refractivity contribution in [2.24, 2.45) is 0 Å². The average Bonchev–Trinajstić information content (AvgIpc) is 3.09. The van der Waals surface area contributed by atoms with Crippen molar-refractivity contribution in [3.63, 3.8) is 0 Å². The number of hydrogen-bond acceptors (Lipinski definition) is 3. The Morgan fingerprint density at radius 1 is 1.04 bits per heavy atom. The van der Waals surface area contributed by atoms with Crippen LogP contribution < -0.4 is 0 Å². The van der Waals surface area contributed by atoms with Gasteiger partial charge in [-0.1, -0.05) is 48.5 Å². The van der Waals surface area contributed by atoms with E-state index in [1.807, 2.05) is 0 Å². The molecule has 3 rings (SSSR count). The summed E-state index contributed by atoms with van der Waals surface area (Å²) in [7, 11) is 0. The zero-order chi connectivity index (χ0) is 19.1. The number of likely N-dealkylation sites (tertiary alicyclic amines) is 1. The van der Waals surface area contributed by atoms with Gasteiger partial charge in [0.2, 0.25) is 0 Å². The maximum Gasteiger partial charge on any atom is 0.329 e. The van der Waals surface area contributed by atoms with Crippen molar-refractivity contribution in [2.75, 3.05) is 26.3 Å². The number of rotatable bonds is 9. The second kappa shape index (κ2) is 9.67. The van der Waals surface area contributed by atoms with Crippen LogP contribution in [0.25, 0.3) is 11.1 Å². The van der Waals surface area contributed by atoms with E-state index in [1.54, 1.807) is 0 Å². The molecule has 0 bridgehead atoms. The summed E-state index contributed by atoms with van der Waals surface area (Å²) in [5.74, 6) is -0.927. The van der Waals surface area contributed by atoms with Gasteiger partial charge in [0.15, 0.2) is 0 Å². The minimum Gasteiger partial charge on any atom is -0.480 e. The van der Waals surface area contributed by atoms with Crippen molar-refractivity contribution < 1.29 is 14.6 Å². The van der Waals surface area contributed by atoms with E-state index in [4.69, 9.17) is 9.84 Å². The van der Waals surface area contributed by atoms with E-state index in [0.717, 1.165) is 31.0 Å². The highest BCUT2D eigenvalue weighted by Gasteiger charge is 2.19.